The van der Waals surface area contributed by atoms with Crippen LogP contribution in [0.1, 0.15) is 37.5 Å². The number of ether oxygens (including phenoxy) is 1. The minimum Gasteiger partial charge on any atom is -0.497 e. The van der Waals surface area contributed by atoms with Crippen molar-refractivity contribution in [3.8, 4) is 5.75 Å². The van der Waals surface area contributed by atoms with Crippen molar-refractivity contribution < 1.29 is 22.7 Å². The fourth-order valence-corrected chi connectivity index (χ4v) is 5.57. The minimum absolute atomic E-state index is 0.0228. The van der Waals surface area contributed by atoms with Crippen LogP contribution in [-0.4, -0.2) is 51.4 Å². The molecule has 0 saturated carbocycles. The maximum absolute atomic E-state index is 14.0. The van der Waals surface area contributed by atoms with Crippen LogP contribution >= 0.6 is 0 Å². The molecule has 0 fully saturated rings. The highest BCUT2D eigenvalue weighted by molar-refractivity contribution is 7.92. The van der Waals surface area contributed by atoms with E-state index in [9.17, 15) is 18.0 Å². The first-order valence-electron chi connectivity index (χ1n) is 13.3. The van der Waals surface area contributed by atoms with Crippen molar-refractivity contribution >= 4 is 27.5 Å². The average Bonchev–Trinajstić information content (AvgIpc) is 2.93. The van der Waals surface area contributed by atoms with Crippen LogP contribution in [0.4, 0.5) is 5.69 Å². The van der Waals surface area contributed by atoms with Gasteiger partial charge < -0.3 is 15.0 Å². The van der Waals surface area contributed by atoms with E-state index in [1.165, 1.54) is 24.1 Å². The molecule has 40 heavy (non-hydrogen) atoms. The lowest BCUT2D eigenvalue weighted by atomic mass is 10.1. The maximum Gasteiger partial charge on any atom is 0.264 e. The Morgan fingerprint density at radius 3 is 2.12 bits per heavy atom. The third-order valence-electron chi connectivity index (χ3n) is 6.54. The third kappa shape index (κ3) is 7.85. The summed E-state index contributed by atoms with van der Waals surface area (Å²) < 4.78 is 34.1. The van der Waals surface area contributed by atoms with E-state index in [-0.39, 0.29) is 23.3 Å². The highest BCUT2D eigenvalue weighted by atomic mass is 32.2. The van der Waals surface area contributed by atoms with E-state index in [0.717, 1.165) is 21.0 Å². The molecule has 8 nitrogen and oxygen atoms in total. The Morgan fingerprint density at radius 1 is 0.900 bits per heavy atom. The van der Waals surface area contributed by atoms with Crippen molar-refractivity contribution in [1.29, 1.82) is 0 Å². The number of anilines is 1. The highest BCUT2D eigenvalue weighted by Gasteiger charge is 2.32. The summed E-state index contributed by atoms with van der Waals surface area (Å²) in [5, 5.41) is 2.90. The van der Waals surface area contributed by atoms with E-state index in [0.29, 0.717) is 18.0 Å². The average molecular weight is 566 g/mol. The molecule has 214 valence electrons. The van der Waals surface area contributed by atoms with Gasteiger partial charge in [-0.1, -0.05) is 61.4 Å². The number of aryl methyl sites for hydroxylation is 2. The van der Waals surface area contributed by atoms with Gasteiger partial charge in [0.25, 0.3) is 10.0 Å². The van der Waals surface area contributed by atoms with E-state index in [1.807, 2.05) is 52.0 Å². The number of carbonyl (C=O) groups excluding carboxylic acids is 2. The first kappa shape index (κ1) is 30.7. The van der Waals surface area contributed by atoms with Crippen molar-refractivity contribution in [3.05, 3.63) is 89.5 Å². The number of benzene rings is 3. The number of nitrogens with zero attached hydrogens (tertiary/aromatic N) is 2. The van der Waals surface area contributed by atoms with Gasteiger partial charge in [0, 0.05) is 13.1 Å². The molecule has 0 heterocycles. The molecule has 0 aliphatic rings. The Bertz CT molecular complexity index is 1400. The van der Waals surface area contributed by atoms with Gasteiger partial charge in [0.2, 0.25) is 11.8 Å². The molecule has 0 aliphatic heterocycles. The second-order valence-electron chi connectivity index (χ2n) is 10.3. The molecule has 3 aromatic carbocycles. The second kappa shape index (κ2) is 13.5. The van der Waals surface area contributed by atoms with Crippen LogP contribution in [0.15, 0.2) is 77.7 Å². The van der Waals surface area contributed by atoms with Gasteiger partial charge in [0.15, 0.2) is 0 Å². The van der Waals surface area contributed by atoms with Crippen LogP contribution in [0, 0.1) is 19.8 Å². The van der Waals surface area contributed by atoms with Crippen LogP contribution in [0.3, 0.4) is 0 Å². The molecular formula is C31H39N3O5S. The van der Waals surface area contributed by atoms with Gasteiger partial charge in [-0.3, -0.25) is 13.9 Å². The molecule has 9 heteroatoms. The van der Waals surface area contributed by atoms with Gasteiger partial charge in [0.1, 0.15) is 18.3 Å². The largest absolute Gasteiger partial charge is 0.497 e. The molecule has 0 unspecified atom stereocenters. The second-order valence-corrected chi connectivity index (χ2v) is 12.2. The van der Waals surface area contributed by atoms with Gasteiger partial charge >= 0.3 is 0 Å². The van der Waals surface area contributed by atoms with E-state index in [1.54, 1.807) is 43.3 Å². The predicted octanol–water partition coefficient (Wildman–Crippen LogP) is 4.70. The number of hydrogen-bond donors (Lipinski definition) is 1. The molecule has 2 amide bonds. The third-order valence-corrected chi connectivity index (χ3v) is 8.32. The lowest BCUT2D eigenvalue weighted by Crippen LogP contribution is -2.51. The first-order chi connectivity index (χ1) is 18.9. The highest BCUT2D eigenvalue weighted by Crippen LogP contribution is 2.26. The molecule has 0 aliphatic carbocycles. The minimum atomic E-state index is -4.14. The Morgan fingerprint density at radius 2 is 1.55 bits per heavy atom. The molecule has 3 rings (SSSR count). The van der Waals surface area contributed by atoms with Crippen LogP contribution in [0.5, 0.6) is 5.75 Å². The summed E-state index contributed by atoms with van der Waals surface area (Å²) >= 11 is 0. The van der Waals surface area contributed by atoms with Crippen LogP contribution in [0.2, 0.25) is 0 Å². The lowest BCUT2D eigenvalue weighted by Gasteiger charge is -2.32. The van der Waals surface area contributed by atoms with Gasteiger partial charge in [-0.15, -0.1) is 0 Å². The first-order valence-corrected chi connectivity index (χ1v) is 14.7. The summed E-state index contributed by atoms with van der Waals surface area (Å²) in [5.41, 5.74) is 3.16. The molecule has 0 saturated heterocycles. The summed E-state index contributed by atoms with van der Waals surface area (Å²) in [4.78, 5) is 28.5. The molecule has 0 bridgehead atoms. The number of sulfonamides is 1. The Labute approximate surface area is 238 Å². The van der Waals surface area contributed by atoms with Crippen LogP contribution in [0.25, 0.3) is 0 Å². The molecule has 0 spiro atoms. The number of rotatable bonds is 12. The SMILES string of the molecule is COc1ccc(S(=O)(=O)N(CC(=O)N(Cc2cccc(C)c2)[C@H](C)C(=O)NCC(C)C)c2ccc(C)cc2)cc1. The molecular weight excluding hydrogens is 526 g/mol. The zero-order valence-corrected chi connectivity index (χ0v) is 24.9. The number of hydrogen-bond acceptors (Lipinski definition) is 5. The number of carbonyl (C=O) groups is 2. The standard InChI is InChI=1S/C31H39N3O5S/c1-22(2)19-32-31(36)25(5)33(20-26-9-7-8-24(4)18-26)30(35)21-34(27-12-10-23(3)11-13-27)40(37,38)29-16-14-28(39-6)15-17-29/h7-18,22,25H,19-21H2,1-6H3,(H,32,36)/t25-/m1/s1. The van der Waals surface area contributed by atoms with E-state index in [2.05, 4.69) is 5.32 Å². The van der Waals surface area contributed by atoms with Crippen LogP contribution < -0.4 is 14.4 Å². The zero-order valence-electron chi connectivity index (χ0n) is 24.0. The molecule has 3 aromatic rings. The zero-order chi connectivity index (χ0) is 29.4. The summed E-state index contributed by atoms with van der Waals surface area (Å²) in [6, 6.07) is 19.8. The van der Waals surface area contributed by atoms with E-state index >= 15 is 0 Å². The van der Waals surface area contributed by atoms with Crippen molar-refractivity contribution in [2.24, 2.45) is 5.92 Å². The van der Waals surface area contributed by atoms with Crippen molar-refractivity contribution in [2.75, 3.05) is 24.5 Å². The summed E-state index contributed by atoms with van der Waals surface area (Å²) in [6.07, 6.45) is 0. The van der Waals surface area contributed by atoms with Crippen molar-refractivity contribution in [2.45, 2.75) is 52.1 Å². The topological polar surface area (TPSA) is 96.0 Å². The molecule has 1 atom stereocenters. The monoisotopic (exact) mass is 565 g/mol. The Balaban J connectivity index is 2.01. The summed E-state index contributed by atoms with van der Waals surface area (Å²) in [6.45, 7) is 9.64. The summed E-state index contributed by atoms with van der Waals surface area (Å²) in [7, 11) is -2.64. The maximum atomic E-state index is 14.0. The van der Waals surface area contributed by atoms with Gasteiger partial charge in [-0.05, 0) is 68.7 Å². The Hall–Kier alpha value is -3.85. The fraction of sp³-hybridized carbons (Fsp3) is 0.355. The van der Waals surface area contributed by atoms with Gasteiger partial charge in [0.05, 0.1) is 17.7 Å². The van der Waals surface area contributed by atoms with Gasteiger partial charge in [-0.2, -0.15) is 0 Å². The van der Waals surface area contributed by atoms with Crippen molar-refractivity contribution in [3.63, 3.8) is 0 Å². The molecule has 0 aromatic heterocycles. The fourth-order valence-electron chi connectivity index (χ4n) is 4.16. The van der Waals surface area contributed by atoms with E-state index < -0.39 is 28.5 Å². The lowest BCUT2D eigenvalue weighted by molar-refractivity contribution is -0.139. The van der Waals surface area contributed by atoms with Crippen molar-refractivity contribution in [1.82, 2.24) is 10.2 Å². The molecule has 1 N–H and O–H groups in total. The van der Waals surface area contributed by atoms with Crippen LogP contribution in [-0.2, 0) is 26.2 Å². The predicted molar refractivity (Wildman–Crippen MR) is 158 cm³/mol. The normalized spacial score (nSPS) is 12.1. The number of nitrogens with one attached hydrogen (secondary N) is 1. The summed E-state index contributed by atoms with van der Waals surface area (Å²) in [5.74, 6) is -0.0350. The quantitative estimate of drug-likeness (QED) is 0.344. The molecule has 0 radical (unpaired) electrons. The number of methoxy groups -OCH3 is 1. The van der Waals surface area contributed by atoms with Gasteiger partial charge in [-0.25, -0.2) is 8.42 Å². The number of amides is 2. The Kier molecular flexibility index (Phi) is 10.3. The smallest absolute Gasteiger partial charge is 0.264 e. The van der Waals surface area contributed by atoms with E-state index in [4.69, 9.17) is 4.74 Å².